The van der Waals surface area contributed by atoms with Crippen molar-refractivity contribution in [1.82, 2.24) is 9.55 Å². The summed E-state index contributed by atoms with van der Waals surface area (Å²) in [6, 6.07) is 3.53. The maximum absolute atomic E-state index is 13.2. The van der Waals surface area contributed by atoms with E-state index in [1.165, 1.54) is 18.2 Å². The fourth-order valence-corrected chi connectivity index (χ4v) is 2.62. The highest BCUT2D eigenvalue weighted by atomic mass is 19.4. The van der Waals surface area contributed by atoms with Crippen molar-refractivity contribution in [2.45, 2.75) is 32.5 Å². The Kier molecular flexibility index (Phi) is 2.64. The number of alkyl halides is 3. The van der Waals surface area contributed by atoms with Crippen molar-refractivity contribution < 1.29 is 23.1 Å². The first-order valence-electron chi connectivity index (χ1n) is 6.44. The molecular weight excluding hydrogens is 285 g/mol. The van der Waals surface area contributed by atoms with Crippen LogP contribution in [-0.2, 0) is 6.18 Å². The van der Waals surface area contributed by atoms with E-state index in [0.717, 1.165) is 4.57 Å². The zero-order valence-corrected chi connectivity index (χ0v) is 11.4. The first-order chi connectivity index (χ1) is 9.61. The van der Waals surface area contributed by atoms with Crippen LogP contribution < -0.4 is 0 Å². The van der Waals surface area contributed by atoms with Gasteiger partial charge in [-0.05, 0) is 30.0 Å². The molecule has 1 aromatic carbocycles. The van der Waals surface area contributed by atoms with Gasteiger partial charge in [0.2, 0.25) is 5.82 Å². The van der Waals surface area contributed by atoms with E-state index in [0.29, 0.717) is 6.42 Å². The summed E-state index contributed by atoms with van der Waals surface area (Å²) in [6.07, 6.45) is -3.96. The minimum absolute atomic E-state index is 0.0455. The standard InChI is InChI=1S/C14H13F3N2O2/c1-13(2)6-10(13)19-9-5-7(11(20)21)3-4-8(9)18-12(19)14(15,16)17/h3-5,10H,6H2,1-2H3,(H,20,21). The van der Waals surface area contributed by atoms with Gasteiger partial charge in [0, 0.05) is 6.04 Å². The Morgan fingerprint density at radius 2 is 2.05 bits per heavy atom. The van der Waals surface area contributed by atoms with E-state index >= 15 is 0 Å². The van der Waals surface area contributed by atoms with E-state index in [-0.39, 0.29) is 28.1 Å². The fraction of sp³-hybridized carbons (Fsp3) is 0.429. The normalized spacial score (nSPS) is 20.7. The van der Waals surface area contributed by atoms with E-state index in [9.17, 15) is 18.0 Å². The molecule has 21 heavy (non-hydrogen) atoms. The van der Waals surface area contributed by atoms with Gasteiger partial charge in [-0.3, -0.25) is 0 Å². The van der Waals surface area contributed by atoms with E-state index in [1.54, 1.807) is 0 Å². The lowest BCUT2D eigenvalue weighted by molar-refractivity contribution is -0.147. The zero-order chi connectivity index (χ0) is 15.6. The van der Waals surface area contributed by atoms with Gasteiger partial charge in [-0.1, -0.05) is 13.8 Å². The lowest BCUT2D eigenvalue weighted by Gasteiger charge is -2.13. The minimum Gasteiger partial charge on any atom is -0.478 e. The van der Waals surface area contributed by atoms with Gasteiger partial charge in [-0.25, -0.2) is 9.78 Å². The Morgan fingerprint density at radius 3 is 2.52 bits per heavy atom. The number of benzene rings is 1. The number of rotatable bonds is 2. The van der Waals surface area contributed by atoms with Crippen molar-refractivity contribution in [1.29, 1.82) is 0 Å². The Morgan fingerprint density at radius 1 is 1.43 bits per heavy atom. The van der Waals surface area contributed by atoms with Crippen molar-refractivity contribution in [3.63, 3.8) is 0 Å². The number of carbonyl (C=O) groups is 1. The molecule has 1 fully saturated rings. The smallest absolute Gasteiger partial charge is 0.449 e. The topological polar surface area (TPSA) is 55.1 Å². The molecule has 7 heteroatoms. The molecule has 1 aliphatic rings. The van der Waals surface area contributed by atoms with Crippen molar-refractivity contribution in [3.05, 3.63) is 29.6 Å². The third-order valence-corrected chi connectivity index (χ3v) is 3.96. The number of carboxylic acid groups (broad SMARTS) is 1. The number of fused-ring (bicyclic) bond motifs is 1. The second-order valence-electron chi connectivity index (χ2n) is 6.02. The number of hydrogen-bond donors (Lipinski definition) is 1. The van der Waals surface area contributed by atoms with Crippen molar-refractivity contribution in [2.24, 2.45) is 5.41 Å². The number of halogens is 3. The molecule has 0 radical (unpaired) electrons. The minimum atomic E-state index is -4.57. The first-order valence-corrected chi connectivity index (χ1v) is 6.44. The molecule has 0 spiro atoms. The van der Waals surface area contributed by atoms with Crippen LogP contribution in [0.25, 0.3) is 11.0 Å². The molecule has 1 atom stereocenters. The second-order valence-corrected chi connectivity index (χ2v) is 6.02. The third-order valence-electron chi connectivity index (χ3n) is 3.96. The van der Waals surface area contributed by atoms with Gasteiger partial charge in [-0.15, -0.1) is 0 Å². The quantitative estimate of drug-likeness (QED) is 0.919. The van der Waals surface area contributed by atoms with Crippen LogP contribution in [0.2, 0.25) is 0 Å². The van der Waals surface area contributed by atoms with Gasteiger partial charge >= 0.3 is 12.1 Å². The molecule has 1 N–H and O–H groups in total. The summed E-state index contributed by atoms with van der Waals surface area (Å²) in [4.78, 5) is 14.7. The molecule has 0 bridgehead atoms. The van der Waals surface area contributed by atoms with E-state index < -0.39 is 18.0 Å². The SMILES string of the molecule is CC1(C)CC1n1c(C(F)(F)F)nc2ccc(C(=O)O)cc21. The summed E-state index contributed by atoms with van der Waals surface area (Å²) in [5.41, 5.74) is 0.0935. The van der Waals surface area contributed by atoms with Gasteiger partial charge in [0.25, 0.3) is 0 Å². The number of nitrogens with zero attached hydrogens (tertiary/aromatic N) is 2. The average Bonchev–Trinajstić information content (AvgIpc) is 2.83. The van der Waals surface area contributed by atoms with Gasteiger partial charge < -0.3 is 9.67 Å². The van der Waals surface area contributed by atoms with Crippen LogP contribution in [0.5, 0.6) is 0 Å². The molecule has 3 rings (SSSR count). The first kappa shape index (κ1) is 13.9. The molecule has 0 saturated heterocycles. The Labute approximate surface area is 118 Å². The summed E-state index contributed by atoms with van der Waals surface area (Å²) in [5, 5.41) is 9.01. The van der Waals surface area contributed by atoms with Crippen molar-refractivity contribution in [2.75, 3.05) is 0 Å². The molecule has 1 aliphatic carbocycles. The van der Waals surface area contributed by atoms with Gasteiger partial charge in [0.15, 0.2) is 0 Å². The highest BCUT2D eigenvalue weighted by Gasteiger charge is 2.51. The predicted molar refractivity (Wildman–Crippen MR) is 69.1 cm³/mol. The lowest BCUT2D eigenvalue weighted by atomic mass is 10.1. The largest absolute Gasteiger partial charge is 0.478 e. The molecule has 1 aromatic heterocycles. The highest BCUT2D eigenvalue weighted by Crippen LogP contribution is 2.57. The van der Waals surface area contributed by atoms with Crippen LogP contribution in [0, 0.1) is 5.41 Å². The van der Waals surface area contributed by atoms with Gasteiger partial charge in [0.05, 0.1) is 16.6 Å². The van der Waals surface area contributed by atoms with Gasteiger partial charge in [0.1, 0.15) is 0 Å². The third kappa shape index (κ3) is 2.16. The van der Waals surface area contributed by atoms with E-state index in [1.807, 2.05) is 13.8 Å². The molecule has 1 unspecified atom stereocenters. The molecule has 4 nitrogen and oxygen atoms in total. The molecule has 1 heterocycles. The summed E-state index contributed by atoms with van der Waals surface area (Å²) < 4.78 is 40.7. The lowest BCUT2D eigenvalue weighted by Crippen LogP contribution is -2.15. The molecule has 0 aliphatic heterocycles. The fourth-order valence-electron chi connectivity index (χ4n) is 2.62. The number of carboxylic acids is 1. The second kappa shape index (κ2) is 3.99. The van der Waals surface area contributed by atoms with E-state index in [2.05, 4.69) is 4.98 Å². The Balaban J connectivity index is 2.28. The Bertz CT molecular complexity index is 746. The van der Waals surface area contributed by atoms with E-state index in [4.69, 9.17) is 5.11 Å². The zero-order valence-electron chi connectivity index (χ0n) is 11.4. The monoisotopic (exact) mass is 298 g/mol. The van der Waals surface area contributed by atoms with Crippen LogP contribution in [0.1, 0.15) is 42.5 Å². The molecular formula is C14H13F3N2O2. The molecule has 0 amide bonds. The summed E-state index contributed by atoms with van der Waals surface area (Å²) >= 11 is 0. The summed E-state index contributed by atoms with van der Waals surface area (Å²) in [6.45, 7) is 3.76. The van der Waals surface area contributed by atoms with Crippen LogP contribution >= 0.6 is 0 Å². The van der Waals surface area contributed by atoms with Crippen molar-refractivity contribution in [3.8, 4) is 0 Å². The van der Waals surface area contributed by atoms with Crippen molar-refractivity contribution >= 4 is 17.0 Å². The number of imidazole rings is 1. The summed E-state index contributed by atoms with van der Waals surface area (Å²) in [7, 11) is 0. The highest BCUT2D eigenvalue weighted by molar-refractivity contribution is 5.92. The maximum Gasteiger partial charge on any atom is 0.449 e. The molecule has 2 aromatic rings. The molecule has 112 valence electrons. The maximum atomic E-state index is 13.2. The number of aromatic nitrogens is 2. The predicted octanol–water partition coefficient (Wildman–Crippen LogP) is 3.72. The molecule has 1 saturated carbocycles. The number of aromatic carboxylic acids is 1. The van der Waals surface area contributed by atoms with Crippen LogP contribution in [0.4, 0.5) is 13.2 Å². The average molecular weight is 298 g/mol. The van der Waals surface area contributed by atoms with Crippen LogP contribution in [0.15, 0.2) is 18.2 Å². The van der Waals surface area contributed by atoms with Gasteiger partial charge in [-0.2, -0.15) is 13.2 Å². The van der Waals surface area contributed by atoms with Crippen LogP contribution in [-0.4, -0.2) is 20.6 Å². The summed E-state index contributed by atoms with van der Waals surface area (Å²) in [5.74, 6) is -2.14. The Hall–Kier alpha value is -2.05. The number of hydrogen-bond acceptors (Lipinski definition) is 2. The van der Waals surface area contributed by atoms with Crippen LogP contribution in [0.3, 0.4) is 0 Å².